The highest BCUT2D eigenvalue weighted by Gasteiger charge is 1.95. The maximum atomic E-state index is 2.30. The van der Waals surface area contributed by atoms with Crippen LogP contribution >= 0.6 is 8.58 Å². The van der Waals surface area contributed by atoms with Crippen LogP contribution < -0.4 is 0 Å². The fourth-order valence-electron chi connectivity index (χ4n) is 0.661. The molecule has 0 amide bonds. The van der Waals surface area contributed by atoms with E-state index in [1.807, 2.05) is 0 Å². The Labute approximate surface area is 90.7 Å². The molecule has 0 aliphatic heterocycles. The van der Waals surface area contributed by atoms with Crippen LogP contribution in [0.2, 0.25) is 0 Å². The van der Waals surface area contributed by atoms with E-state index in [1.54, 1.807) is 0 Å². The van der Waals surface area contributed by atoms with Crippen molar-refractivity contribution in [1.82, 2.24) is 0 Å². The second-order valence-electron chi connectivity index (χ2n) is 3.45. The Morgan fingerprint density at radius 2 is 0.923 bits per heavy atom. The summed E-state index contributed by atoms with van der Waals surface area (Å²) in [5.41, 5.74) is 0. The van der Waals surface area contributed by atoms with Crippen LogP contribution in [0, 0.1) is 11.8 Å². The van der Waals surface area contributed by atoms with Crippen LogP contribution in [0.15, 0.2) is 0 Å². The Bertz CT molecular complexity index is 50.1. The molecule has 0 spiro atoms. The van der Waals surface area contributed by atoms with Crippen LogP contribution in [0.4, 0.5) is 0 Å². The Kier molecular flexibility index (Phi) is 41.0. The van der Waals surface area contributed by atoms with Gasteiger partial charge in [0.1, 0.15) is 0 Å². The molecule has 0 unspecified atom stereocenters. The highest BCUT2D eigenvalue weighted by molar-refractivity contribution is 7.37. The first-order valence-corrected chi connectivity index (χ1v) is 5.25. The molecule has 0 radical (unpaired) electrons. The molecule has 0 heterocycles. The molecule has 88 valence electrons. The van der Waals surface area contributed by atoms with Gasteiger partial charge >= 0.3 is 0 Å². The van der Waals surface area contributed by atoms with Crippen molar-refractivity contribution in [1.29, 1.82) is 0 Å². The monoisotopic (exact) mass is 210 g/mol. The standard InChI is InChI=1S/C8H19P.4CH4/c1-7(2)5-9-6-8(3)4;;;;/h7-9H,5-6H2,1-4H3;4*1H4. The van der Waals surface area contributed by atoms with Gasteiger partial charge in [0, 0.05) is 0 Å². The zero-order valence-corrected chi connectivity index (χ0v) is 8.07. The highest BCUT2D eigenvalue weighted by Crippen LogP contribution is 2.17. The van der Waals surface area contributed by atoms with Crippen LogP contribution in [0.3, 0.4) is 0 Å². The summed E-state index contributed by atoms with van der Waals surface area (Å²) < 4.78 is 0. The van der Waals surface area contributed by atoms with Gasteiger partial charge in [-0.25, -0.2) is 0 Å². The van der Waals surface area contributed by atoms with E-state index in [0.29, 0.717) is 0 Å². The summed E-state index contributed by atoms with van der Waals surface area (Å²) in [5, 5.41) is 0. The van der Waals surface area contributed by atoms with Crippen molar-refractivity contribution in [3.63, 3.8) is 0 Å². The molecule has 0 N–H and O–H groups in total. The minimum absolute atomic E-state index is 0. The van der Waals surface area contributed by atoms with Crippen LogP contribution in [-0.2, 0) is 0 Å². The Morgan fingerprint density at radius 1 is 0.692 bits per heavy atom. The Hall–Kier alpha value is 0.430. The first-order valence-electron chi connectivity index (χ1n) is 3.83. The van der Waals surface area contributed by atoms with Gasteiger partial charge in [0.05, 0.1) is 0 Å². The zero-order chi connectivity index (χ0) is 7.28. The van der Waals surface area contributed by atoms with Gasteiger partial charge in [-0.2, -0.15) is 0 Å². The van der Waals surface area contributed by atoms with Crippen molar-refractivity contribution < 1.29 is 0 Å². The van der Waals surface area contributed by atoms with E-state index in [9.17, 15) is 0 Å². The Morgan fingerprint density at radius 3 is 1.08 bits per heavy atom. The second-order valence-corrected chi connectivity index (χ2v) is 4.76. The van der Waals surface area contributed by atoms with Crippen molar-refractivity contribution in [3.05, 3.63) is 0 Å². The van der Waals surface area contributed by atoms with E-state index in [1.165, 1.54) is 20.9 Å². The zero-order valence-electron chi connectivity index (χ0n) is 7.07. The summed E-state index contributed by atoms with van der Waals surface area (Å²) in [4.78, 5) is 0. The molecular formula is C12H35P. The summed E-state index contributed by atoms with van der Waals surface area (Å²) in [5.74, 6) is 1.81. The lowest BCUT2D eigenvalue weighted by Gasteiger charge is -2.06. The number of hydrogen-bond acceptors (Lipinski definition) is 0. The number of hydrogen-bond donors (Lipinski definition) is 0. The lowest BCUT2D eigenvalue weighted by molar-refractivity contribution is 0.725. The maximum Gasteiger partial charge on any atom is -0.0330 e. The van der Waals surface area contributed by atoms with Crippen molar-refractivity contribution >= 4 is 8.58 Å². The van der Waals surface area contributed by atoms with Crippen LogP contribution in [0.1, 0.15) is 57.4 Å². The van der Waals surface area contributed by atoms with Crippen molar-refractivity contribution in [3.8, 4) is 0 Å². The molecule has 0 aromatic rings. The molecule has 0 atom stereocenters. The largest absolute Gasteiger partial charge is 0.122 e. The summed E-state index contributed by atoms with van der Waals surface area (Å²) in [6.07, 6.45) is 2.86. The predicted molar refractivity (Wildman–Crippen MR) is 74.6 cm³/mol. The molecule has 0 saturated carbocycles. The normalized spacial score (nSPS) is 7.85. The molecule has 0 fully saturated rings. The SMILES string of the molecule is C.C.C.C.CC(C)CPCC(C)C. The Balaban J connectivity index is -0.0000000533. The van der Waals surface area contributed by atoms with E-state index >= 15 is 0 Å². The van der Waals surface area contributed by atoms with E-state index in [0.717, 1.165) is 11.8 Å². The summed E-state index contributed by atoms with van der Waals surface area (Å²) >= 11 is 0. The molecule has 0 aromatic carbocycles. The third-order valence-electron chi connectivity index (χ3n) is 1.11. The van der Waals surface area contributed by atoms with Gasteiger partial charge < -0.3 is 0 Å². The second kappa shape index (κ2) is 18.3. The smallest absolute Gasteiger partial charge is 0.0330 e. The number of rotatable bonds is 4. The van der Waals surface area contributed by atoms with Gasteiger partial charge in [-0.05, 0) is 24.2 Å². The molecular weight excluding hydrogens is 175 g/mol. The van der Waals surface area contributed by atoms with Gasteiger partial charge in [0.2, 0.25) is 0 Å². The molecule has 0 bridgehead atoms. The molecule has 0 aromatic heterocycles. The summed E-state index contributed by atoms with van der Waals surface area (Å²) in [6.45, 7) is 9.20. The topological polar surface area (TPSA) is 0 Å². The van der Waals surface area contributed by atoms with Crippen molar-refractivity contribution in [2.75, 3.05) is 12.3 Å². The summed E-state index contributed by atoms with van der Waals surface area (Å²) in [6, 6.07) is 0. The fraction of sp³-hybridized carbons (Fsp3) is 1.00. The van der Waals surface area contributed by atoms with E-state index in [4.69, 9.17) is 0 Å². The third kappa shape index (κ3) is 32.7. The molecule has 0 nitrogen and oxygen atoms in total. The molecule has 1 heteroatoms. The average molecular weight is 210 g/mol. The van der Waals surface area contributed by atoms with Crippen LogP contribution in [-0.4, -0.2) is 12.3 Å². The van der Waals surface area contributed by atoms with E-state index in [2.05, 4.69) is 27.7 Å². The predicted octanol–water partition coefficient (Wildman–Crippen LogP) is 5.52. The van der Waals surface area contributed by atoms with Crippen molar-refractivity contribution in [2.24, 2.45) is 11.8 Å². The first-order chi connectivity index (χ1) is 4.13. The molecule has 0 saturated heterocycles. The first kappa shape index (κ1) is 29.2. The summed E-state index contributed by atoms with van der Waals surface area (Å²) in [7, 11) is 1.19. The fourth-order valence-corrected chi connectivity index (χ4v) is 1.98. The van der Waals surface area contributed by atoms with Gasteiger partial charge in [0.25, 0.3) is 0 Å². The minimum atomic E-state index is 0. The molecule has 13 heavy (non-hydrogen) atoms. The third-order valence-corrected chi connectivity index (χ3v) is 3.32. The van der Waals surface area contributed by atoms with Gasteiger partial charge in [-0.3, -0.25) is 0 Å². The lowest BCUT2D eigenvalue weighted by Crippen LogP contribution is -1.94. The van der Waals surface area contributed by atoms with Gasteiger partial charge in [0.15, 0.2) is 0 Å². The van der Waals surface area contributed by atoms with Gasteiger partial charge in [-0.1, -0.05) is 57.4 Å². The van der Waals surface area contributed by atoms with Crippen LogP contribution in [0.25, 0.3) is 0 Å². The van der Waals surface area contributed by atoms with Crippen molar-refractivity contribution in [2.45, 2.75) is 57.4 Å². The molecule has 0 aliphatic carbocycles. The lowest BCUT2D eigenvalue weighted by atomic mass is 10.3. The van der Waals surface area contributed by atoms with E-state index < -0.39 is 0 Å². The molecule has 0 rings (SSSR count). The maximum absolute atomic E-state index is 2.30. The average Bonchev–Trinajstić information content (AvgIpc) is 1.63. The minimum Gasteiger partial charge on any atom is -0.122 e. The quantitative estimate of drug-likeness (QED) is 0.536. The molecule has 0 aliphatic rings. The van der Waals surface area contributed by atoms with E-state index in [-0.39, 0.29) is 29.7 Å². The van der Waals surface area contributed by atoms with Crippen LogP contribution in [0.5, 0.6) is 0 Å². The highest BCUT2D eigenvalue weighted by atomic mass is 31.1. The van der Waals surface area contributed by atoms with Gasteiger partial charge in [-0.15, -0.1) is 8.58 Å².